The van der Waals surface area contributed by atoms with Crippen LogP contribution >= 0.6 is 0 Å². The minimum absolute atomic E-state index is 0. The van der Waals surface area contributed by atoms with E-state index in [-0.39, 0.29) is 86.9 Å². The van der Waals surface area contributed by atoms with Crippen molar-refractivity contribution >= 4 is 28.9 Å². The number of ketones is 3. The number of allylic oxidation sites excluding steroid dienone is 2. The number of Topliss-reactive ketones (excluding diaryl/α,β-unsaturated/α-hetero) is 2. The summed E-state index contributed by atoms with van der Waals surface area (Å²) in [7, 11) is 0. The van der Waals surface area contributed by atoms with Crippen molar-refractivity contribution in [1.29, 1.82) is 0 Å². The van der Waals surface area contributed by atoms with Gasteiger partial charge in [-0.2, -0.15) is 0 Å². The Morgan fingerprint density at radius 1 is 0.949 bits per heavy atom. The smallest absolute Gasteiger partial charge is 0.870 e. The van der Waals surface area contributed by atoms with Gasteiger partial charge in [0.2, 0.25) is 0 Å². The van der Waals surface area contributed by atoms with Crippen molar-refractivity contribution in [3.8, 4) is 0 Å². The van der Waals surface area contributed by atoms with Crippen LogP contribution in [-0.2, 0) is 32.0 Å². The quantitative estimate of drug-likeness (QED) is 0.242. The van der Waals surface area contributed by atoms with Crippen LogP contribution < -0.4 is 51.4 Å². The van der Waals surface area contributed by atoms with Crippen molar-refractivity contribution in [1.82, 2.24) is 0 Å². The summed E-state index contributed by atoms with van der Waals surface area (Å²) in [5, 5.41) is 0. The molecule has 0 radical (unpaired) electrons. The molecule has 3 aliphatic carbocycles. The van der Waals surface area contributed by atoms with Crippen molar-refractivity contribution in [3.63, 3.8) is 0 Å². The van der Waals surface area contributed by atoms with Gasteiger partial charge in [0.15, 0.2) is 11.6 Å². The Morgan fingerprint density at radius 3 is 2.18 bits per heavy atom. The molecule has 0 saturated carbocycles. The van der Waals surface area contributed by atoms with E-state index >= 15 is 0 Å². The molecule has 0 spiro atoms. The SMILES string of the molecule is CCOC(=O)[C@@]1(CC(C)=O)CCCc2ccccc2C1=O.O.O=C1C=C2c3ccccc3CCCC2C1.[K+].[OH-]. The van der Waals surface area contributed by atoms with Crippen molar-refractivity contribution in [2.75, 3.05) is 6.61 Å². The van der Waals surface area contributed by atoms with Crippen molar-refractivity contribution in [3.05, 3.63) is 76.9 Å². The molecule has 2 aromatic rings. The van der Waals surface area contributed by atoms with Crippen LogP contribution in [0.5, 0.6) is 0 Å². The largest absolute Gasteiger partial charge is 1.00 e. The Hall–Kier alpha value is -1.78. The number of ether oxygens (including phenoxy) is 1. The molecule has 0 bridgehead atoms. The minimum Gasteiger partial charge on any atom is -0.870 e. The zero-order chi connectivity index (χ0) is 25.7. The Bertz CT molecular complexity index is 1220. The summed E-state index contributed by atoms with van der Waals surface area (Å²) in [6.07, 6.45) is 7.86. The maximum Gasteiger partial charge on any atom is 1.00 e. The van der Waals surface area contributed by atoms with Gasteiger partial charge in [0, 0.05) is 18.4 Å². The van der Waals surface area contributed by atoms with E-state index in [0.29, 0.717) is 30.1 Å². The zero-order valence-corrected chi connectivity index (χ0v) is 26.2. The molecular weight excluding hydrogens is 523 g/mol. The second kappa shape index (κ2) is 15.9. The number of rotatable bonds is 4. The summed E-state index contributed by atoms with van der Waals surface area (Å²) in [6.45, 7) is 3.31. The average molecular weight is 561 g/mol. The summed E-state index contributed by atoms with van der Waals surface area (Å²) in [4.78, 5) is 48.5. The molecule has 0 fully saturated rings. The maximum absolute atomic E-state index is 13.0. The predicted octanol–water partition coefficient (Wildman–Crippen LogP) is 1.73. The van der Waals surface area contributed by atoms with E-state index in [0.717, 1.165) is 24.8 Å². The molecule has 1 unspecified atom stereocenters. The molecule has 5 rings (SSSR count). The molecule has 2 atom stereocenters. The first-order chi connectivity index (χ1) is 17.4. The molecule has 3 aliphatic rings. The van der Waals surface area contributed by atoms with Gasteiger partial charge in [-0.25, -0.2) is 0 Å². The van der Waals surface area contributed by atoms with Crippen LogP contribution in [0.25, 0.3) is 5.57 Å². The molecule has 8 heteroatoms. The normalized spacial score (nSPS) is 20.8. The fourth-order valence-electron chi connectivity index (χ4n) is 5.86. The third kappa shape index (κ3) is 7.91. The summed E-state index contributed by atoms with van der Waals surface area (Å²) in [6, 6.07) is 15.8. The summed E-state index contributed by atoms with van der Waals surface area (Å²) < 4.78 is 5.11. The third-order valence-electron chi connectivity index (χ3n) is 7.49. The predicted molar refractivity (Wildman–Crippen MR) is 144 cm³/mol. The zero-order valence-electron chi connectivity index (χ0n) is 23.1. The first-order valence-electron chi connectivity index (χ1n) is 13.0. The third-order valence-corrected chi connectivity index (χ3v) is 7.49. The van der Waals surface area contributed by atoms with Crippen molar-refractivity contribution in [2.24, 2.45) is 11.3 Å². The van der Waals surface area contributed by atoms with E-state index in [4.69, 9.17) is 4.74 Å². The number of hydrogen-bond acceptors (Lipinski definition) is 6. The number of benzene rings is 2. The topological polar surface area (TPSA) is 139 Å². The molecule has 2 aromatic carbocycles. The Morgan fingerprint density at radius 2 is 1.54 bits per heavy atom. The number of fused-ring (bicyclic) bond motifs is 4. The number of hydrogen-bond donors (Lipinski definition) is 0. The average Bonchev–Trinajstić information content (AvgIpc) is 3.06. The van der Waals surface area contributed by atoms with Gasteiger partial charge in [-0.3, -0.25) is 19.2 Å². The monoisotopic (exact) mass is 560 g/mol. The van der Waals surface area contributed by atoms with Gasteiger partial charge in [0.1, 0.15) is 11.2 Å². The van der Waals surface area contributed by atoms with Crippen LogP contribution in [0.1, 0.15) is 79.4 Å². The van der Waals surface area contributed by atoms with Gasteiger partial charge in [-0.1, -0.05) is 48.5 Å². The summed E-state index contributed by atoms with van der Waals surface area (Å²) in [5.41, 5.74) is 4.18. The van der Waals surface area contributed by atoms with E-state index in [1.54, 1.807) is 19.1 Å². The van der Waals surface area contributed by atoms with E-state index in [1.807, 2.05) is 18.2 Å². The molecule has 0 aliphatic heterocycles. The molecule has 0 heterocycles. The Kier molecular flexibility index (Phi) is 14.3. The molecule has 3 N–H and O–H groups in total. The molecule has 204 valence electrons. The van der Waals surface area contributed by atoms with E-state index in [9.17, 15) is 19.2 Å². The first-order valence-corrected chi connectivity index (χ1v) is 13.0. The first kappa shape index (κ1) is 35.2. The van der Waals surface area contributed by atoms with Gasteiger partial charge < -0.3 is 15.7 Å². The number of carbonyl (C=O) groups is 4. The molecule has 39 heavy (non-hydrogen) atoms. The molecular formula is C31H37KO7. The van der Waals surface area contributed by atoms with Gasteiger partial charge in [-0.05, 0) is 86.6 Å². The van der Waals surface area contributed by atoms with E-state index in [1.165, 1.54) is 36.5 Å². The van der Waals surface area contributed by atoms with Gasteiger partial charge in [0.05, 0.1) is 6.61 Å². The Balaban J connectivity index is 0.000000376. The number of carbonyl (C=O) groups excluding carboxylic acids is 4. The van der Waals surface area contributed by atoms with Gasteiger partial charge >= 0.3 is 57.4 Å². The molecule has 7 nitrogen and oxygen atoms in total. The number of esters is 1. The number of aryl methyl sites for hydroxylation is 2. The molecule has 0 aromatic heterocycles. The van der Waals surface area contributed by atoms with Crippen molar-refractivity contribution in [2.45, 2.75) is 65.2 Å². The minimum atomic E-state index is -1.35. The van der Waals surface area contributed by atoms with Gasteiger partial charge in [-0.15, -0.1) is 0 Å². The second-order valence-corrected chi connectivity index (χ2v) is 10.0. The molecule has 0 saturated heterocycles. The Labute approximate surface area is 272 Å². The fraction of sp³-hybridized carbons (Fsp3) is 0.419. The van der Waals surface area contributed by atoms with E-state index < -0.39 is 11.4 Å². The van der Waals surface area contributed by atoms with Crippen molar-refractivity contribution < 1.29 is 86.3 Å². The fourth-order valence-corrected chi connectivity index (χ4v) is 5.86. The van der Waals surface area contributed by atoms with Crippen LogP contribution in [0.4, 0.5) is 0 Å². The van der Waals surface area contributed by atoms with Crippen LogP contribution in [0.15, 0.2) is 54.6 Å². The van der Waals surface area contributed by atoms with E-state index in [2.05, 4.69) is 24.3 Å². The maximum atomic E-state index is 13.0. The molecule has 0 amide bonds. The summed E-state index contributed by atoms with van der Waals surface area (Å²) in [5.74, 6) is -0.199. The van der Waals surface area contributed by atoms with Crippen LogP contribution in [0.2, 0.25) is 0 Å². The second-order valence-electron chi connectivity index (χ2n) is 10.0. The standard InChI is InChI=1S/C17H20O4.C14H14O.K.2H2O/c1-3-21-16(20)17(11-12(2)18)10-6-8-13-7-4-5-9-14(13)15(17)19;15-12-8-11-6-3-5-10-4-1-2-7-13(10)14(11)9-12;;;/h4-5,7,9H,3,6,8,10-11H2,1-2H3;1-2,4,7,9,11H,3,5-6,8H2;;2*1H2/q;;+1;;/p-1/t17-;;;;/m1..../s1. The van der Waals surface area contributed by atoms with Gasteiger partial charge in [0.25, 0.3) is 0 Å². The van der Waals surface area contributed by atoms with Crippen LogP contribution in [0.3, 0.4) is 0 Å². The van der Waals surface area contributed by atoms with Crippen LogP contribution in [-0.4, -0.2) is 40.9 Å². The van der Waals surface area contributed by atoms with Crippen LogP contribution in [0, 0.1) is 11.3 Å². The summed E-state index contributed by atoms with van der Waals surface area (Å²) >= 11 is 0.